The molecule has 88 valence electrons. The third-order valence-electron chi connectivity index (χ3n) is 2.67. The van der Waals surface area contributed by atoms with E-state index in [9.17, 15) is 0 Å². The van der Waals surface area contributed by atoms with Crippen LogP contribution in [-0.2, 0) is 6.42 Å². The fraction of sp³-hybridized carbons (Fsp3) is 0.231. The van der Waals surface area contributed by atoms with Crippen LogP contribution in [0, 0.1) is 0 Å². The minimum Gasteiger partial charge on any atom is -0.396 e. The number of anilines is 2. The SMILES string of the molecule is CN(CCc1ccccn1)c1ccncc1N. The predicted molar refractivity (Wildman–Crippen MR) is 69.9 cm³/mol. The van der Waals surface area contributed by atoms with Gasteiger partial charge in [0.2, 0.25) is 0 Å². The summed E-state index contributed by atoms with van der Waals surface area (Å²) in [5, 5.41) is 0. The summed E-state index contributed by atoms with van der Waals surface area (Å²) in [6.45, 7) is 0.880. The first-order valence-corrected chi connectivity index (χ1v) is 5.58. The summed E-state index contributed by atoms with van der Waals surface area (Å²) in [6, 6.07) is 7.88. The van der Waals surface area contributed by atoms with Crippen molar-refractivity contribution in [3.8, 4) is 0 Å². The van der Waals surface area contributed by atoms with Crippen molar-refractivity contribution in [1.29, 1.82) is 0 Å². The molecule has 0 bridgehead atoms. The maximum atomic E-state index is 5.87. The molecule has 2 rings (SSSR count). The maximum absolute atomic E-state index is 5.87. The molecule has 0 amide bonds. The number of nitrogen functional groups attached to an aromatic ring is 1. The molecule has 4 nitrogen and oxygen atoms in total. The molecular weight excluding hydrogens is 212 g/mol. The second-order valence-electron chi connectivity index (χ2n) is 3.93. The van der Waals surface area contributed by atoms with Crippen molar-refractivity contribution in [1.82, 2.24) is 9.97 Å². The molecule has 0 aromatic carbocycles. The summed E-state index contributed by atoms with van der Waals surface area (Å²) in [5.74, 6) is 0. The third-order valence-corrected chi connectivity index (χ3v) is 2.67. The van der Waals surface area contributed by atoms with Crippen LogP contribution in [0.3, 0.4) is 0 Å². The molecule has 2 aromatic rings. The number of nitrogens with zero attached hydrogens (tertiary/aromatic N) is 3. The molecule has 2 N–H and O–H groups in total. The summed E-state index contributed by atoms with van der Waals surface area (Å²) in [7, 11) is 2.02. The Morgan fingerprint density at radius 1 is 1.24 bits per heavy atom. The summed E-state index contributed by atoms with van der Waals surface area (Å²) in [6.07, 6.45) is 6.14. The first-order chi connectivity index (χ1) is 8.27. The van der Waals surface area contributed by atoms with Gasteiger partial charge in [0.1, 0.15) is 0 Å². The van der Waals surface area contributed by atoms with E-state index in [0.29, 0.717) is 5.69 Å². The lowest BCUT2D eigenvalue weighted by Crippen LogP contribution is -2.21. The molecule has 2 aromatic heterocycles. The van der Waals surface area contributed by atoms with Crippen molar-refractivity contribution in [3.63, 3.8) is 0 Å². The molecule has 4 heteroatoms. The van der Waals surface area contributed by atoms with E-state index in [2.05, 4.69) is 14.9 Å². The van der Waals surface area contributed by atoms with Gasteiger partial charge in [-0.1, -0.05) is 6.07 Å². The standard InChI is InChI=1S/C13H16N4/c1-17(13-5-8-15-10-12(13)14)9-6-11-4-2-3-7-16-11/h2-5,7-8,10H,6,9,14H2,1H3. The zero-order valence-corrected chi connectivity index (χ0v) is 9.87. The zero-order chi connectivity index (χ0) is 12.1. The van der Waals surface area contributed by atoms with Crippen LogP contribution in [0.25, 0.3) is 0 Å². The number of pyridine rings is 2. The first kappa shape index (κ1) is 11.4. The third kappa shape index (κ3) is 2.93. The van der Waals surface area contributed by atoms with Crippen LogP contribution in [0.2, 0.25) is 0 Å². The lowest BCUT2D eigenvalue weighted by molar-refractivity contribution is 0.852. The second kappa shape index (κ2) is 5.30. The van der Waals surface area contributed by atoms with Gasteiger partial charge in [0.25, 0.3) is 0 Å². The van der Waals surface area contributed by atoms with Gasteiger partial charge in [-0.3, -0.25) is 9.97 Å². The Balaban J connectivity index is 1.99. The number of hydrogen-bond donors (Lipinski definition) is 1. The van der Waals surface area contributed by atoms with E-state index in [-0.39, 0.29) is 0 Å². The van der Waals surface area contributed by atoms with Gasteiger partial charge in [-0.05, 0) is 18.2 Å². The summed E-state index contributed by atoms with van der Waals surface area (Å²) in [5.41, 5.74) is 8.68. The maximum Gasteiger partial charge on any atom is 0.0738 e. The van der Waals surface area contributed by atoms with Gasteiger partial charge in [-0.15, -0.1) is 0 Å². The summed E-state index contributed by atoms with van der Waals surface area (Å²) >= 11 is 0. The Morgan fingerprint density at radius 3 is 2.82 bits per heavy atom. The molecule has 0 saturated heterocycles. The van der Waals surface area contributed by atoms with E-state index < -0.39 is 0 Å². The Morgan fingerprint density at radius 2 is 2.12 bits per heavy atom. The molecule has 0 fully saturated rings. The largest absolute Gasteiger partial charge is 0.396 e. The highest BCUT2D eigenvalue weighted by molar-refractivity contribution is 5.65. The van der Waals surface area contributed by atoms with Gasteiger partial charge >= 0.3 is 0 Å². The molecule has 17 heavy (non-hydrogen) atoms. The average molecular weight is 228 g/mol. The molecule has 0 radical (unpaired) electrons. The Labute approximate surface area is 101 Å². The highest BCUT2D eigenvalue weighted by Gasteiger charge is 2.04. The van der Waals surface area contributed by atoms with Crippen LogP contribution in [-0.4, -0.2) is 23.6 Å². The number of likely N-dealkylation sites (N-methyl/N-ethyl adjacent to an activating group) is 1. The number of rotatable bonds is 4. The van der Waals surface area contributed by atoms with E-state index in [1.807, 2.05) is 37.5 Å². The zero-order valence-electron chi connectivity index (χ0n) is 9.87. The highest BCUT2D eigenvalue weighted by atomic mass is 15.1. The fourth-order valence-corrected chi connectivity index (χ4v) is 1.70. The van der Waals surface area contributed by atoms with E-state index in [0.717, 1.165) is 24.3 Å². The van der Waals surface area contributed by atoms with Crippen LogP contribution < -0.4 is 10.6 Å². The van der Waals surface area contributed by atoms with Crippen molar-refractivity contribution >= 4 is 11.4 Å². The van der Waals surface area contributed by atoms with Crippen molar-refractivity contribution in [3.05, 3.63) is 48.5 Å². The van der Waals surface area contributed by atoms with E-state index >= 15 is 0 Å². The van der Waals surface area contributed by atoms with E-state index in [1.165, 1.54) is 0 Å². The smallest absolute Gasteiger partial charge is 0.0738 e. The van der Waals surface area contributed by atoms with Crippen LogP contribution in [0.4, 0.5) is 11.4 Å². The number of nitrogens with two attached hydrogens (primary N) is 1. The van der Waals surface area contributed by atoms with Crippen molar-refractivity contribution in [2.75, 3.05) is 24.2 Å². The van der Waals surface area contributed by atoms with Gasteiger partial charge in [-0.25, -0.2) is 0 Å². The van der Waals surface area contributed by atoms with E-state index in [1.54, 1.807) is 12.4 Å². The van der Waals surface area contributed by atoms with Gasteiger partial charge in [0.15, 0.2) is 0 Å². The van der Waals surface area contributed by atoms with Gasteiger partial charge in [-0.2, -0.15) is 0 Å². The first-order valence-electron chi connectivity index (χ1n) is 5.58. The van der Waals surface area contributed by atoms with Crippen LogP contribution >= 0.6 is 0 Å². The van der Waals surface area contributed by atoms with E-state index in [4.69, 9.17) is 5.73 Å². The number of hydrogen-bond acceptors (Lipinski definition) is 4. The van der Waals surface area contributed by atoms with Crippen molar-refractivity contribution in [2.45, 2.75) is 6.42 Å². The Hall–Kier alpha value is -2.10. The minimum absolute atomic E-state index is 0.705. The minimum atomic E-state index is 0.705. The molecule has 0 aliphatic rings. The van der Waals surface area contributed by atoms with Gasteiger partial charge in [0.05, 0.1) is 17.6 Å². The second-order valence-corrected chi connectivity index (χ2v) is 3.93. The van der Waals surface area contributed by atoms with Gasteiger partial charge in [0, 0.05) is 38.1 Å². The topological polar surface area (TPSA) is 55.0 Å². The molecular formula is C13H16N4. The van der Waals surface area contributed by atoms with Crippen LogP contribution in [0.1, 0.15) is 5.69 Å². The molecule has 0 saturated carbocycles. The molecule has 0 unspecified atom stereocenters. The normalized spacial score (nSPS) is 10.2. The van der Waals surface area contributed by atoms with Crippen molar-refractivity contribution in [2.24, 2.45) is 0 Å². The number of aromatic nitrogens is 2. The average Bonchev–Trinajstić information content (AvgIpc) is 2.38. The van der Waals surface area contributed by atoms with Crippen molar-refractivity contribution < 1.29 is 0 Å². The lowest BCUT2D eigenvalue weighted by Gasteiger charge is -2.20. The molecule has 0 spiro atoms. The molecule has 0 atom stereocenters. The van der Waals surface area contributed by atoms with Crippen LogP contribution in [0.5, 0.6) is 0 Å². The fourth-order valence-electron chi connectivity index (χ4n) is 1.70. The highest BCUT2D eigenvalue weighted by Crippen LogP contribution is 2.19. The summed E-state index contributed by atoms with van der Waals surface area (Å²) in [4.78, 5) is 10.4. The molecule has 0 aliphatic carbocycles. The summed E-state index contributed by atoms with van der Waals surface area (Å²) < 4.78 is 0. The molecule has 0 aliphatic heterocycles. The quantitative estimate of drug-likeness (QED) is 0.866. The Bertz CT molecular complexity index is 470. The Kier molecular flexibility index (Phi) is 3.55. The van der Waals surface area contributed by atoms with Gasteiger partial charge < -0.3 is 10.6 Å². The van der Waals surface area contributed by atoms with Crippen LogP contribution in [0.15, 0.2) is 42.9 Å². The monoisotopic (exact) mass is 228 g/mol. The molecule has 2 heterocycles. The predicted octanol–water partition coefficient (Wildman–Crippen LogP) is 1.74. The lowest BCUT2D eigenvalue weighted by atomic mass is 10.2.